The number of nitrogens with one attached hydrogen (secondary N) is 1. The third-order valence-corrected chi connectivity index (χ3v) is 6.09. The summed E-state index contributed by atoms with van der Waals surface area (Å²) >= 11 is 1.56. The van der Waals surface area contributed by atoms with E-state index in [-0.39, 0.29) is 23.5 Å². The van der Waals surface area contributed by atoms with Crippen LogP contribution in [0.15, 0.2) is 29.0 Å². The Morgan fingerprint density at radius 2 is 2.35 bits per heavy atom. The van der Waals surface area contributed by atoms with Gasteiger partial charge in [-0.25, -0.2) is 13.1 Å². The maximum atomic E-state index is 12.1. The van der Waals surface area contributed by atoms with Gasteiger partial charge < -0.3 is 5.32 Å². The fourth-order valence-electron chi connectivity index (χ4n) is 2.57. The Bertz CT molecular complexity index is 835. The molecule has 23 heavy (non-hydrogen) atoms. The fourth-order valence-corrected chi connectivity index (χ4v) is 4.89. The topological polar surface area (TPSA) is 81.1 Å². The monoisotopic (exact) mass is 351 g/mol. The van der Waals surface area contributed by atoms with E-state index in [1.165, 1.54) is 6.08 Å². The zero-order chi connectivity index (χ0) is 16.4. The number of rotatable bonds is 4. The molecule has 1 saturated heterocycles. The highest BCUT2D eigenvalue weighted by Crippen LogP contribution is 2.27. The summed E-state index contributed by atoms with van der Waals surface area (Å²) in [6, 6.07) is 3.46. The van der Waals surface area contributed by atoms with Gasteiger partial charge in [0.05, 0.1) is 23.2 Å². The van der Waals surface area contributed by atoms with Gasteiger partial charge in [-0.3, -0.25) is 4.79 Å². The zero-order valence-corrected chi connectivity index (χ0v) is 14.2. The number of amides is 1. The van der Waals surface area contributed by atoms with Crippen molar-refractivity contribution in [3.8, 4) is 0 Å². The Kier molecular flexibility index (Phi) is 4.36. The van der Waals surface area contributed by atoms with Crippen LogP contribution in [0, 0.1) is 6.92 Å². The molecule has 6 nitrogen and oxygen atoms in total. The number of sulfone groups is 1. The average Bonchev–Trinajstić information content (AvgIpc) is 3.17. The SMILES string of the molecule is Cc1cc(NC(=O)/C=C/c2ccsc2)n(C2CCS(=O)(=O)C2)n1. The molecule has 1 amide bonds. The molecule has 0 radical (unpaired) electrons. The Balaban J connectivity index is 1.74. The highest BCUT2D eigenvalue weighted by Gasteiger charge is 2.31. The number of thiophene rings is 1. The van der Waals surface area contributed by atoms with Crippen LogP contribution in [0.1, 0.15) is 23.7 Å². The first-order chi connectivity index (χ1) is 10.9. The molecule has 0 spiro atoms. The van der Waals surface area contributed by atoms with Crippen LogP contribution in [0.2, 0.25) is 0 Å². The van der Waals surface area contributed by atoms with Gasteiger partial charge in [-0.05, 0) is 41.8 Å². The molecule has 3 heterocycles. The van der Waals surface area contributed by atoms with Crippen molar-refractivity contribution >= 4 is 39.0 Å². The molecule has 1 unspecified atom stereocenters. The van der Waals surface area contributed by atoms with E-state index in [9.17, 15) is 13.2 Å². The lowest BCUT2D eigenvalue weighted by Crippen LogP contribution is -2.18. The Morgan fingerprint density at radius 1 is 1.52 bits per heavy atom. The number of hydrogen-bond donors (Lipinski definition) is 1. The summed E-state index contributed by atoms with van der Waals surface area (Å²) in [7, 11) is -3.01. The van der Waals surface area contributed by atoms with Gasteiger partial charge in [-0.1, -0.05) is 0 Å². The van der Waals surface area contributed by atoms with Crippen molar-refractivity contribution in [3.05, 3.63) is 40.2 Å². The van der Waals surface area contributed by atoms with Crippen LogP contribution in [-0.2, 0) is 14.6 Å². The predicted octanol–water partition coefficient (Wildman–Crippen LogP) is 2.26. The van der Waals surface area contributed by atoms with Gasteiger partial charge in [-0.2, -0.15) is 16.4 Å². The largest absolute Gasteiger partial charge is 0.307 e. The third kappa shape index (κ3) is 3.89. The maximum absolute atomic E-state index is 12.1. The molecule has 1 aliphatic heterocycles. The van der Waals surface area contributed by atoms with Crippen LogP contribution < -0.4 is 5.32 Å². The van der Waals surface area contributed by atoms with Gasteiger partial charge in [-0.15, -0.1) is 0 Å². The number of anilines is 1. The van der Waals surface area contributed by atoms with E-state index in [0.29, 0.717) is 12.2 Å². The lowest BCUT2D eigenvalue weighted by atomic mass is 10.3. The standard InChI is InChI=1S/C15H17N3O3S2/c1-11-8-14(16-15(19)3-2-12-4-6-22-9-12)18(17-11)13-5-7-23(20,21)10-13/h2-4,6,8-9,13H,5,7,10H2,1H3,(H,16,19)/b3-2+. The first-order valence-electron chi connectivity index (χ1n) is 7.21. The molecule has 1 atom stereocenters. The normalized spacial score (nSPS) is 20.1. The quantitative estimate of drug-likeness (QED) is 0.857. The van der Waals surface area contributed by atoms with E-state index in [4.69, 9.17) is 0 Å². The Labute approximate surface area is 138 Å². The molecule has 2 aromatic rings. The van der Waals surface area contributed by atoms with E-state index >= 15 is 0 Å². The molecular formula is C15H17N3O3S2. The Hall–Kier alpha value is -1.93. The molecule has 0 bridgehead atoms. The van der Waals surface area contributed by atoms with Crippen LogP contribution >= 0.6 is 11.3 Å². The number of aromatic nitrogens is 2. The van der Waals surface area contributed by atoms with Gasteiger partial charge in [0.2, 0.25) is 5.91 Å². The molecule has 1 aliphatic rings. The highest BCUT2D eigenvalue weighted by molar-refractivity contribution is 7.91. The predicted molar refractivity (Wildman–Crippen MR) is 91.3 cm³/mol. The summed E-state index contributed by atoms with van der Waals surface area (Å²) in [6.07, 6.45) is 3.72. The van der Waals surface area contributed by atoms with Gasteiger partial charge in [0.15, 0.2) is 9.84 Å². The minimum atomic E-state index is -3.01. The van der Waals surface area contributed by atoms with Crippen molar-refractivity contribution in [2.75, 3.05) is 16.8 Å². The van der Waals surface area contributed by atoms with Crippen LogP contribution in [0.4, 0.5) is 5.82 Å². The molecule has 1 fully saturated rings. The fraction of sp³-hybridized carbons (Fsp3) is 0.333. The second-order valence-electron chi connectivity index (χ2n) is 5.55. The van der Waals surface area contributed by atoms with Gasteiger partial charge in [0, 0.05) is 12.1 Å². The van der Waals surface area contributed by atoms with E-state index in [2.05, 4.69) is 10.4 Å². The summed E-state index contributed by atoms with van der Waals surface area (Å²) in [5.74, 6) is 0.506. The van der Waals surface area contributed by atoms with Crippen molar-refractivity contribution in [1.29, 1.82) is 0 Å². The van der Waals surface area contributed by atoms with E-state index < -0.39 is 9.84 Å². The number of nitrogens with zero attached hydrogens (tertiary/aromatic N) is 2. The van der Waals surface area contributed by atoms with Gasteiger partial charge in [0.25, 0.3) is 0 Å². The lowest BCUT2D eigenvalue weighted by molar-refractivity contribution is -0.111. The summed E-state index contributed by atoms with van der Waals surface area (Å²) in [5, 5.41) is 11.0. The maximum Gasteiger partial charge on any atom is 0.249 e. The lowest BCUT2D eigenvalue weighted by Gasteiger charge is -2.13. The number of aryl methyl sites for hydroxylation is 1. The Morgan fingerprint density at radius 3 is 3.00 bits per heavy atom. The highest BCUT2D eigenvalue weighted by atomic mass is 32.2. The van der Waals surface area contributed by atoms with Crippen molar-refractivity contribution in [2.45, 2.75) is 19.4 Å². The van der Waals surface area contributed by atoms with E-state index in [0.717, 1.165) is 11.3 Å². The average molecular weight is 351 g/mol. The van der Waals surface area contributed by atoms with Crippen LogP contribution in [0.5, 0.6) is 0 Å². The van der Waals surface area contributed by atoms with Crippen molar-refractivity contribution in [3.63, 3.8) is 0 Å². The summed E-state index contributed by atoms with van der Waals surface area (Å²) in [5.41, 5.74) is 1.71. The van der Waals surface area contributed by atoms with Crippen LogP contribution in [0.25, 0.3) is 6.08 Å². The van der Waals surface area contributed by atoms with Crippen LogP contribution in [0.3, 0.4) is 0 Å². The zero-order valence-electron chi connectivity index (χ0n) is 12.6. The summed E-state index contributed by atoms with van der Waals surface area (Å²) < 4.78 is 24.9. The minimum Gasteiger partial charge on any atom is -0.307 e. The van der Waals surface area contributed by atoms with E-state index in [1.807, 2.05) is 23.8 Å². The second-order valence-corrected chi connectivity index (χ2v) is 8.56. The van der Waals surface area contributed by atoms with Gasteiger partial charge >= 0.3 is 0 Å². The van der Waals surface area contributed by atoms with Crippen molar-refractivity contribution in [1.82, 2.24) is 9.78 Å². The molecule has 8 heteroatoms. The molecule has 3 rings (SSSR count). The summed E-state index contributed by atoms with van der Waals surface area (Å²) in [4.78, 5) is 12.1. The first-order valence-corrected chi connectivity index (χ1v) is 9.97. The smallest absolute Gasteiger partial charge is 0.249 e. The minimum absolute atomic E-state index is 0.0712. The molecular weight excluding hydrogens is 334 g/mol. The second kappa shape index (κ2) is 6.29. The molecule has 122 valence electrons. The van der Waals surface area contributed by atoms with Gasteiger partial charge in [0.1, 0.15) is 5.82 Å². The molecule has 2 aromatic heterocycles. The van der Waals surface area contributed by atoms with Crippen molar-refractivity contribution in [2.24, 2.45) is 0 Å². The molecule has 1 N–H and O–H groups in total. The third-order valence-electron chi connectivity index (χ3n) is 3.63. The number of carbonyl (C=O) groups is 1. The van der Waals surface area contributed by atoms with Crippen LogP contribution in [-0.4, -0.2) is 35.6 Å². The molecule has 0 saturated carbocycles. The van der Waals surface area contributed by atoms with Crippen molar-refractivity contribution < 1.29 is 13.2 Å². The molecule has 0 aromatic carbocycles. The number of carbonyl (C=O) groups excluding carboxylic acids is 1. The molecule has 0 aliphatic carbocycles. The van der Waals surface area contributed by atoms with E-state index in [1.54, 1.807) is 28.2 Å². The summed E-state index contributed by atoms with van der Waals surface area (Å²) in [6.45, 7) is 1.82. The number of hydrogen-bond acceptors (Lipinski definition) is 5. The first kappa shape index (κ1) is 15.9.